The summed E-state index contributed by atoms with van der Waals surface area (Å²) in [4.78, 5) is 2.68. The summed E-state index contributed by atoms with van der Waals surface area (Å²) in [5.41, 5.74) is 0.421. The van der Waals surface area contributed by atoms with Crippen LogP contribution >= 0.6 is 0 Å². The molecule has 0 bridgehead atoms. The van der Waals surface area contributed by atoms with Gasteiger partial charge in [0.05, 0.1) is 12.7 Å². The van der Waals surface area contributed by atoms with Crippen LogP contribution in [0.3, 0.4) is 0 Å². The van der Waals surface area contributed by atoms with Gasteiger partial charge >= 0.3 is 0 Å². The van der Waals surface area contributed by atoms with Crippen molar-refractivity contribution in [2.24, 2.45) is 17.3 Å². The van der Waals surface area contributed by atoms with Crippen molar-refractivity contribution < 1.29 is 9.47 Å². The van der Waals surface area contributed by atoms with Crippen LogP contribution < -0.4 is 0 Å². The van der Waals surface area contributed by atoms with E-state index >= 15 is 0 Å². The lowest BCUT2D eigenvalue weighted by Gasteiger charge is -2.44. The minimum Gasteiger partial charge on any atom is -0.347 e. The molecule has 0 aromatic carbocycles. The summed E-state index contributed by atoms with van der Waals surface area (Å²) in [6.07, 6.45) is 10.2. The summed E-state index contributed by atoms with van der Waals surface area (Å²) in [7, 11) is 0. The maximum atomic E-state index is 6.49. The third-order valence-electron chi connectivity index (χ3n) is 7.51. The third-order valence-corrected chi connectivity index (χ3v) is 7.51. The second-order valence-electron chi connectivity index (χ2n) is 9.77. The summed E-state index contributed by atoms with van der Waals surface area (Å²) in [5.74, 6) is 1.29. The topological polar surface area (TPSA) is 21.7 Å². The molecule has 3 fully saturated rings. The standard InChI is InChI=1S/C22H41NO2/c1-6-14-23(19-7-8-19)15-11-20-16-24-22(25-20)12-9-18(10-13-22)21(4,5)17(2)3/h17-20H,6-16H2,1-5H3. The van der Waals surface area contributed by atoms with E-state index in [9.17, 15) is 0 Å². The maximum Gasteiger partial charge on any atom is 0.168 e. The van der Waals surface area contributed by atoms with Crippen molar-refractivity contribution >= 4 is 0 Å². The predicted molar refractivity (Wildman–Crippen MR) is 104 cm³/mol. The summed E-state index contributed by atoms with van der Waals surface area (Å²) in [6, 6.07) is 0.866. The first-order valence-corrected chi connectivity index (χ1v) is 10.9. The molecule has 1 saturated heterocycles. The SMILES string of the molecule is CCCN(CCC1COC2(CCC(C(C)(C)C(C)C)CC2)O1)C1CC1. The number of nitrogens with zero attached hydrogens (tertiary/aromatic N) is 1. The van der Waals surface area contributed by atoms with E-state index in [-0.39, 0.29) is 5.79 Å². The van der Waals surface area contributed by atoms with Gasteiger partial charge in [0.15, 0.2) is 5.79 Å². The molecule has 3 heteroatoms. The molecule has 0 N–H and O–H groups in total. The molecule has 1 heterocycles. The summed E-state index contributed by atoms with van der Waals surface area (Å²) in [6.45, 7) is 15.1. The van der Waals surface area contributed by atoms with Gasteiger partial charge in [-0.15, -0.1) is 0 Å². The van der Waals surface area contributed by atoms with Crippen molar-refractivity contribution in [1.29, 1.82) is 0 Å². The highest BCUT2D eigenvalue weighted by Crippen LogP contribution is 2.48. The van der Waals surface area contributed by atoms with Gasteiger partial charge in [0.2, 0.25) is 0 Å². The van der Waals surface area contributed by atoms with Crippen LogP contribution in [0.4, 0.5) is 0 Å². The Labute approximate surface area is 155 Å². The number of ether oxygens (including phenoxy) is 2. The molecular weight excluding hydrogens is 310 g/mol. The Bertz CT molecular complexity index is 422. The Morgan fingerprint density at radius 1 is 1.08 bits per heavy atom. The lowest BCUT2D eigenvalue weighted by atomic mass is 9.64. The van der Waals surface area contributed by atoms with E-state index < -0.39 is 0 Å². The van der Waals surface area contributed by atoms with Crippen molar-refractivity contribution in [3.05, 3.63) is 0 Å². The van der Waals surface area contributed by atoms with Crippen LogP contribution in [0.25, 0.3) is 0 Å². The van der Waals surface area contributed by atoms with Crippen molar-refractivity contribution in [1.82, 2.24) is 4.90 Å². The van der Waals surface area contributed by atoms with Gasteiger partial charge < -0.3 is 14.4 Å². The van der Waals surface area contributed by atoms with Crippen LogP contribution in [0.15, 0.2) is 0 Å². The Morgan fingerprint density at radius 3 is 2.32 bits per heavy atom. The number of hydrogen-bond acceptors (Lipinski definition) is 3. The number of rotatable bonds is 8. The molecule has 2 aliphatic carbocycles. The highest BCUT2D eigenvalue weighted by molar-refractivity contribution is 4.91. The fourth-order valence-corrected chi connectivity index (χ4v) is 4.81. The van der Waals surface area contributed by atoms with Gasteiger partial charge in [-0.1, -0.05) is 34.6 Å². The van der Waals surface area contributed by atoms with Gasteiger partial charge in [-0.2, -0.15) is 0 Å². The predicted octanol–water partition coefficient (Wildman–Crippen LogP) is 5.24. The quantitative estimate of drug-likeness (QED) is 0.597. The van der Waals surface area contributed by atoms with Crippen molar-refractivity contribution in [3.8, 4) is 0 Å². The molecule has 3 nitrogen and oxygen atoms in total. The van der Waals surface area contributed by atoms with Gasteiger partial charge in [0, 0.05) is 25.4 Å². The van der Waals surface area contributed by atoms with E-state index in [0.29, 0.717) is 11.5 Å². The molecule has 25 heavy (non-hydrogen) atoms. The second kappa shape index (κ2) is 7.86. The van der Waals surface area contributed by atoms with E-state index in [2.05, 4.69) is 39.5 Å². The first-order chi connectivity index (χ1) is 11.9. The minimum absolute atomic E-state index is 0.247. The molecule has 3 rings (SSSR count). The smallest absolute Gasteiger partial charge is 0.168 e. The molecule has 3 aliphatic rings. The average molecular weight is 352 g/mol. The molecule has 146 valence electrons. The summed E-state index contributed by atoms with van der Waals surface area (Å²) in [5, 5.41) is 0. The zero-order chi connectivity index (χ0) is 18.1. The largest absolute Gasteiger partial charge is 0.347 e. The third kappa shape index (κ3) is 4.59. The van der Waals surface area contributed by atoms with Gasteiger partial charge in [-0.05, 0) is 62.3 Å². The van der Waals surface area contributed by atoms with E-state index in [1.54, 1.807) is 0 Å². The van der Waals surface area contributed by atoms with Gasteiger partial charge in [0.1, 0.15) is 0 Å². The zero-order valence-corrected chi connectivity index (χ0v) is 17.4. The molecule has 1 aliphatic heterocycles. The summed E-state index contributed by atoms with van der Waals surface area (Å²) < 4.78 is 12.7. The normalized spacial score (nSPS) is 33.7. The van der Waals surface area contributed by atoms with E-state index in [1.165, 1.54) is 45.2 Å². The maximum absolute atomic E-state index is 6.49. The van der Waals surface area contributed by atoms with Crippen molar-refractivity contribution in [2.75, 3.05) is 19.7 Å². The lowest BCUT2D eigenvalue weighted by Crippen LogP contribution is -2.41. The fourth-order valence-electron chi connectivity index (χ4n) is 4.81. The molecule has 0 amide bonds. The van der Waals surface area contributed by atoms with Crippen LogP contribution in [0.2, 0.25) is 0 Å². The fraction of sp³-hybridized carbons (Fsp3) is 1.00. The van der Waals surface area contributed by atoms with E-state index in [4.69, 9.17) is 9.47 Å². The molecule has 2 saturated carbocycles. The van der Waals surface area contributed by atoms with Gasteiger partial charge in [-0.25, -0.2) is 0 Å². The highest BCUT2D eigenvalue weighted by atomic mass is 16.7. The molecular formula is C22H41NO2. The molecule has 0 aromatic heterocycles. The van der Waals surface area contributed by atoms with E-state index in [0.717, 1.165) is 43.7 Å². The van der Waals surface area contributed by atoms with E-state index in [1.807, 2.05) is 0 Å². The highest BCUT2D eigenvalue weighted by Gasteiger charge is 2.47. The molecule has 1 atom stereocenters. The first kappa shape index (κ1) is 19.6. The van der Waals surface area contributed by atoms with Gasteiger partial charge in [0.25, 0.3) is 0 Å². The van der Waals surface area contributed by atoms with Crippen LogP contribution in [0.1, 0.15) is 86.0 Å². The van der Waals surface area contributed by atoms with Crippen molar-refractivity contribution in [2.45, 2.75) is 104 Å². The van der Waals surface area contributed by atoms with Crippen LogP contribution in [-0.2, 0) is 9.47 Å². The number of hydrogen-bond donors (Lipinski definition) is 0. The molecule has 1 unspecified atom stereocenters. The average Bonchev–Trinajstić information content (AvgIpc) is 3.35. The minimum atomic E-state index is -0.247. The molecule has 0 aromatic rings. The Balaban J connectivity index is 1.45. The molecule has 0 radical (unpaired) electrons. The Morgan fingerprint density at radius 2 is 1.76 bits per heavy atom. The lowest BCUT2D eigenvalue weighted by molar-refractivity contribution is -0.198. The monoisotopic (exact) mass is 351 g/mol. The first-order valence-electron chi connectivity index (χ1n) is 10.9. The van der Waals surface area contributed by atoms with Gasteiger partial charge in [-0.3, -0.25) is 0 Å². The van der Waals surface area contributed by atoms with Crippen LogP contribution in [-0.4, -0.2) is 42.5 Å². The Kier molecular flexibility index (Phi) is 6.17. The van der Waals surface area contributed by atoms with Crippen LogP contribution in [0, 0.1) is 17.3 Å². The van der Waals surface area contributed by atoms with Crippen LogP contribution in [0.5, 0.6) is 0 Å². The van der Waals surface area contributed by atoms with Crippen molar-refractivity contribution in [3.63, 3.8) is 0 Å². The molecule has 1 spiro atoms. The Hall–Kier alpha value is -0.120. The zero-order valence-electron chi connectivity index (χ0n) is 17.4. The summed E-state index contributed by atoms with van der Waals surface area (Å²) >= 11 is 0. The second-order valence-corrected chi connectivity index (χ2v) is 9.77.